The van der Waals surface area contributed by atoms with Gasteiger partial charge >= 0.3 is 6.18 Å². The van der Waals surface area contributed by atoms with Crippen LogP contribution in [0.1, 0.15) is 18.4 Å². The number of hydrogen-bond donors (Lipinski definition) is 3. The van der Waals surface area contributed by atoms with Crippen molar-refractivity contribution in [3.63, 3.8) is 0 Å². The fourth-order valence-corrected chi connectivity index (χ4v) is 2.34. The van der Waals surface area contributed by atoms with Crippen molar-refractivity contribution in [2.45, 2.75) is 20.0 Å². The second-order valence-electron chi connectivity index (χ2n) is 5.49. The smallest absolute Gasteiger partial charge is 0.343 e. The van der Waals surface area contributed by atoms with Crippen LogP contribution in [0.15, 0.2) is 30.3 Å². The molecule has 130 valence electrons. The Kier molecular flexibility index (Phi) is 4.07. The van der Waals surface area contributed by atoms with Gasteiger partial charge in [-0.05, 0) is 37.3 Å². The second-order valence-corrected chi connectivity index (χ2v) is 5.49. The monoisotopic (exact) mass is 349 g/mol. The lowest BCUT2D eigenvalue weighted by Crippen LogP contribution is -2.12. The summed E-state index contributed by atoms with van der Waals surface area (Å²) in [5.74, 6) is -1.39. The molecule has 0 fully saturated rings. The zero-order chi connectivity index (χ0) is 18.2. The largest absolute Gasteiger partial charge is 0.451 e. The molecule has 0 saturated heterocycles. The molecule has 25 heavy (non-hydrogen) atoms. The van der Waals surface area contributed by atoms with Gasteiger partial charge in [0.15, 0.2) is 0 Å². The maximum Gasteiger partial charge on any atom is 0.451 e. The summed E-state index contributed by atoms with van der Waals surface area (Å²) >= 11 is 0. The van der Waals surface area contributed by atoms with Gasteiger partial charge in [-0.2, -0.15) is 13.2 Å². The van der Waals surface area contributed by atoms with Crippen LogP contribution in [0.4, 0.5) is 30.4 Å². The van der Waals surface area contributed by atoms with Crippen LogP contribution in [-0.2, 0) is 11.0 Å². The first-order valence-corrected chi connectivity index (χ1v) is 7.31. The minimum Gasteiger partial charge on any atom is -0.343 e. The number of halogens is 3. The molecule has 0 bridgehead atoms. The lowest BCUT2D eigenvalue weighted by atomic mass is 10.2. The highest BCUT2D eigenvalue weighted by Gasteiger charge is 2.35. The van der Waals surface area contributed by atoms with Crippen LogP contribution in [0.25, 0.3) is 11.0 Å². The summed E-state index contributed by atoms with van der Waals surface area (Å²) in [5, 5.41) is 5.94. The summed E-state index contributed by atoms with van der Waals surface area (Å²) in [4.78, 5) is 21.0. The fraction of sp³-hybridized carbons (Fsp3) is 0.188. The van der Waals surface area contributed by atoms with Gasteiger partial charge in [0, 0.05) is 24.0 Å². The third-order valence-electron chi connectivity index (χ3n) is 3.34. The van der Waals surface area contributed by atoms with Crippen molar-refractivity contribution in [3.8, 4) is 0 Å². The molecule has 9 heteroatoms. The number of amides is 1. The number of carbonyl (C=O) groups is 1. The van der Waals surface area contributed by atoms with Gasteiger partial charge < -0.3 is 15.6 Å². The van der Waals surface area contributed by atoms with Crippen molar-refractivity contribution in [2.24, 2.45) is 0 Å². The number of rotatable bonds is 3. The topological polar surface area (TPSA) is 82.7 Å². The minimum absolute atomic E-state index is 0.0500. The zero-order valence-corrected chi connectivity index (χ0v) is 13.3. The molecule has 1 aromatic carbocycles. The molecule has 3 rings (SSSR count). The average Bonchev–Trinajstić information content (AvgIpc) is 2.88. The molecule has 6 nitrogen and oxygen atoms in total. The number of benzene rings is 1. The summed E-state index contributed by atoms with van der Waals surface area (Å²) in [7, 11) is 0. The number of alkyl halides is 3. The Hall–Kier alpha value is -3.10. The number of nitrogens with zero attached hydrogens (tertiary/aromatic N) is 2. The number of aromatic nitrogens is 3. The maximum atomic E-state index is 13.0. The predicted molar refractivity (Wildman–Crippen MR) is 87.7 cm³/mol. The van der Waals surface area contributed by atoms with E-state index in [0.29, 0.717) is 22.5 Å². The van der Waals surface area contributed by atoms with E-state index in [4.69, 9.17) is 0 Å². The molecule has 0 atom stereocenters. The fourth-order valence-electron chi connectivity index (χ4n) is 2.34. The van der Waals surface area contributed by atoms with Gasteiger partial charge in [-0.25, -0.2) is 9.97 Å². The highest BCUT2D eigenvalue weighted by atomic mass is 19.4. The number of aromatic amines is 1. The summed E-state index contributed by atoms with van der Waals surface area (Å²) < 4.78 is 39.0. The first kappa shape index (κ1) is 16.7. The van der Waals surface area contributed by atoms with E-state index in [1.807, 2.05) is 0 Å². The van der Waals surface area contributed by atoms with Gasteiger partial charge in [-0.1, -0.05) is 0 Å². The van der Waals surface area contributed by atoms with Crippen LogP contribution < -0.4 is 10.6 Å². The quantitative estimate of drug-likeness (QED) is 0.668. The highest BCUT2D eigenvalue weighted by Crippen LogP contribution is 2.31. The van der Waals surface area contributed by atoms with Crippen molar-refractivity contribution in [3.05, 3.63) is 41.9 Å². The summed E-state index contributed by atoms with van der Waals surface area (Å²) in [6.45, 7) is 3.11. The van der Waals surface area contributed by atoms with Crippen LogP contribution in [-0.4, -0.2) is 20.9 Å². The Labute approximate surface area is 140 Å². The molecular formula is C16H14F3N5O. The van der Waals surface area contributed by atoms with E-state index in [9.17, 15) is 18.0 Å². The maximum absolute atomic E-state index is 13.0. The molecule has 2 heterocycles. The van der Waals surface area contributed by atoms with E-state index < -0.39 is 12.0 Å². The van der Waals surface area contributed by atoms with Gasteiger partial charge in [0.1, 0.15) is 11.5 Å². The normalized spacial score (nSPS) is 11.6. The number of carbonyl (C=O) groups excluding carboxylic acids is 1. The lowest BCUT2D eigenvalue weighted by Gasteiger charge is -2.11. The average molecular weight is 349 g/mol. The molecule has 0 aliphatic rings. The molecule has 1 amide bonds. The van der Waals surface area contributed by atoms with Gasteiger partial charge in [-0.3, -0.25) is 4.79 Å². The van der Waals surface area contributed by atoms with Crippen LogP contribution in [0.2, 0.25) is 0 Å². The number of anilines is 3. The van der Waals surface area contributed by atoms with Gasteiger partial charge in [0.25, 0.3) is 0 Å². The van der Waals surface area contributed by atoms with Crippen LogP contribution >= 0.6 is 0 Å². The second kappa shape index (κ2) is 6.08. The Bertz CT molecular complexity index is 931. The Morgan fingerprint density at radius 2 is 1.76 bits per heavy atom. The molecule has 0 aliphatic heterocycles. The third kappa shape index (κ3) is 3.70. The van der Waals surface area contributed by atoms with Crippen molar-refractivity contribution in [1.82, 2.24) is 15.0 Å². The Morgan fingerprint density at radius 3 is 2.36 bits per heavy atom. The molecular weight excluding hydrogens is 335 g/mol. The molecule has 0 spiro atoms. The van der Waals surface area contributed by atoms with Crippen LogP contribution in [0, 0.1) is 6.92 Å². The highest BCUT2D eigenvalue weighted by molar-refractivity contribution is 5.91. The summed E-state index contributed by atoms with van der Waals surface area (Å²) in [6.07, 6.45) is -4.65. The first-order valence-electron chi connectivity index (χ1n) is 7.31. The van der Waals surface area contributed by atoms with Crippen molar-refractivity contribution < 1.29 is 18.0 Å². The molecule has 3 N–H and O–H groups in total. The van der Waals surface area contributed by atoms with E-state index in [1.54, 1.807) is 37.3 Å². The Balaban J connectivity index is 1.98. The minimum atomic E-state index is -4.65. The summed E-state index contributed by atoms with van der Waals surface area (Å²) in [6, 6.07) is 8.20. The number of aryl methyl sites for hydroxylation is 1. The van der Waals surface area contributed by atoms with E-state index in [2.05, 4.69) is 25.6 Å². The van der Waals surface area contributed by atoms with Crippen LogP contribution in [0.3, 0.4) is 0 Å². The van der Waals surface area contributed by atoms with Crippen molar-refractivity contribution >= 4 is 34.1 Å². The molecule has 0 unspecified atom stereocenters. The van der Waals surface area contributed by atoms with E-state index >= 15 is 0 Å². The Morgan fingerprint density at radius 1 is 1.12 bits per heavy atom. The third-order valence-corrected chi connectivity index (χ3v) is 3.34. The van der Waals surface area contributed by atoms with Gasteiger partial charge in [-0.15, -0.1) is 0 Å². The number of fused-ring (bicyclic) bond motifs is 1. The zero-order valence-electron chi connectivity index (χ0n) is 13.3. The van der Waals surface area contributed by atoms with Gasteiger partial charge in [0.05, 0.1) is 5.39 Å². The SMILES string of the molecule is CC(=O)Nc1ccc(Nc2nc(C(F)(F)F)nc3[nH]c(C)cc23)cc1. The van der Waals surface area contributed by atoms with E-state index in [-0.39, 0.29) is 17.4 Å². The molecule has 0 aliphatic carbocycles. The number of H-pyrrole nitrogens is 1. The molecule has 0 saturated carbocycles. The molecule has 2 aromatic heterocycles. The first-order chi connectivity index (χ1) is 11.7. The van der Waals surface area contributed by atoms with Crippen LogP contribution in [0.5, 0.6) is 0 Å². The van der Waals surface area contributed by atoms with Gasteiger partial charge in [0.2, 0.25) is 11.7 Å². The van der Waals surface area contributed by atoms with Crippen molar-refractivity contribution in [2.75, 3.05) is 10.6 Å². The van der Waals surface area contributed by atoms with E-state index in [1.165, 1.54) is 6.92 Å². The number of nitrogens with one attached hydrogen (secondary N) is 3. The lowest BCUT2D eigenvalue weighted by molar-refractivity contribution is -0.144. The van der Waals surface area contributed by atoms with Crippen molar-refractivity contribution in [1.29, 1.82) is 0 Å². The summed E-state index contributed by atoms with van der Waals surface area (Å²) in [5.41, 5.74) is 1.89. The molecule has 0 radical (unpaired) electrons. The molecule has 3 aromatic rings. The predicted octanol–water partition coefficient (Wildman–Crippen LogP) is 3.99. The van der Waals surface area contributed by atoms with E-state index in [0.717, 1.165) is 0 Å². The number of hydrogen-bond acceptors (Lipinski definition) is 4. The standard InChI is InChI=1S/C16H14F3N5O/c1-8-7-12-13(20-8)23-15(16(17,18)19)24-14(12)22-11-5-3-10(4-6-11)21-9(2)25/h3-7H,1-2H3,(H,21,25)(H2,20,22,23,24).